The van der Waals surface area contributed by atoms with E-state index in [4.69, 9.17) is 14.9 Å². The van der Waals surface area contributed by atoms with Gasteiger partial charge in [-0.05, 0) is 77.0 Å². The summed E-state index contributed by atoms with van der Waals surface area (Å²) in [6, 6.07) is -1.39. The van der Waals surface area contributed by atoms with Crippen molar-refractivity contribution in [2.24, 2.45) is 0 Å². The Morgan fingerprint density at radius 1 is 0.545 bits per heavy atom. The third-order valence-electron chi connectivity index (χ3n) is 9.89. The van der Waals surface area contributed by atoms with Gasteiger partial charge < -0.3 is 25.6 Å². The molecule has 0 aromatic rings. The van der Waals surface area contributed by atoms with E-state index in [0.29, 0.717) is 12.8 Å². The van der Waals surface area contributed by atoms with Gasteiger partial charge in [0.05, 0.1) is 13.2 Å². The van der Waals surface area contributed by atoms with Crippen LogP contribution in [0, 0.1) is 0 Å². The maximum Gasteiger partial charge on any atom is 0.328 e. The number of allylic oxidation sites excluding steroid dienone is 6. The van der Waals surface area contributed by atoms with Gasteiger partial charge in [0.1, 0.15) is 12.1 Å². The summed E-state index contributed by atoms with van der Waals surface area (Å²) in [5.74, 6) is -2.34. The number of carbonyl (C=O) groups excluding carboxylic acids is 3. The number of rotatable bonds is 40. The molecule has 0 fully saturated rings. The van der Waals surface area contributed by atoms with Gasteiger partial charge in [-0.2, -0.15) is 0 Å². The third-order valence-corrected chi connectivity index (χ3v) is 9.89. The number of ether oxygens (including phenoxy) is 1. The minimum absolute atomic E-state index is 0.0437. The molecule has 0 aromatic heterocycles. The Kier molecular flexibility index (Phi) is 38.5. The SMILES string of the molecule is CCCCCCC/C=C\C/C=C\C/C=C\CCCCCCCCCCC(=O)OC(CCCCCCC)CCCCCCC(=O)NCC(=O)NC(CO)C(=O)O. The van der Waals surface area contributed by atoms with Gasteiger partial charge in [-0.15, -0.1) is 0 Å². The smallest absolute Gasteiger partial charge is 0.328 e. The lowest BCUT2D eigenvalue weighted by Crippen LogP contribution is -2.47. The van der Waals surface area contributed by atoms with Gasteiger partial charge >= 0.3 is 11.9 Å². The highest BCUT2D eigenvalue weighted by atomic mass is 16.5. The number of carbonyl (C=O) groups is 4. The van der Waals surface area contributed by atoms with Crippen molar-refractivity contribution in [1.82, 2.24) is 10.6 Å². The van der Waals surface area contributed by atoms with Crippen LogP contribution in [0.5, 0.6) is 0 Å². The van der Waals surface area contributed by atoms with Gasteiger partial charge in [0.2, 0.25) is 11.8 Å². The largest absolute Gasteiger partial charge is 0.480 e. The average molecular weight is 775 g/mol. The molecule has 55 heavy (non-hydrogen) atoms. The van der Waals surface area contributed by atoms with Crippen molar-refractivity contribution in [3.05, 3.63) is 36.5 Å². The maximum absolute atomic E-state index is 12.7. The van der Waals surface area contributed by atoms with Crippen LogP contribution in [0.2, 0.25) is 0 Å². The molecule has 0 heterocycles. The first kappa shape index (κ1) is 52.1. The molecule has 318 valence electrons. The molecule has 2 unspecified atom stereocenters. The van der Waals surface area contributed by atoms with Crippen LogP contribution in [-0.4, -0.2) is 59.3 Å². The zero-order chi connectivity index (χ0) is 40.5. The fourth-order valence-electron chi connectivity index (χ4n) is 6.43. The quantitative estimate of drug-likeness (QED) is 0.0276. The number of aliphatic carboxylic acids is 1. The first-order chi connectivity index (χ1) is 26.8. The number of nitrogens with one attached hydrogen (secondary N) is 2. The average Bonchev–Trinajstić information content (AvgIpc) is 3.17. The standard InChI is InChI=1S/C46H82N2O7/c1-3-5-7-9-10-11-12-13-14-15-16-17-18-19-20-21-22-23-24-25-26-28-34-38-45(52)55-41(35-31-27-8-6-4-2)36-32-29-30-33-37-43(50)47-39-44(51)48-42(40-49)46(53)54/h12-13,15-16,18-19,41-42,49H,3-11,14,17,20-40H2,1-2H3,(H,47,50)(H,48,51)(H,53,54)/b13-12-,16-15-,19-18-. The predicted molar refractivity (Wildman–Crippen MR) is 227 cm³/mol. The molecular weight excluding hydrogens is 693 g/mol. The van der Waals surface area contributed by atoms with Crippen molar-refractivity contribution < 1.29 is 34.1 Å². The van der Waals surface area contributed by atoms with E-state index in [0.717, 1.165) is 70.6 Å². The highest BCUT2D eigenvalue weighted by molar-refractivity contribution is 5.87. The molecule has 4 N–H and O–H groups in total. The second-order valence-electron chi connectivity index (χ2n) is 15.1. The maximum atomic E-state index is 12.7. The van der Waals surface area contributed by atoms with E-state index in [1.54, 1.807) is 0 Å². The lowest BCUT2D eigenvalue weighted by Gasteiger charge is -2.18. The molecule has 0 saturated carbocycles. The van der Waals surface area contributed by atoms with Gasteiger partial charge in [0.25, 0.3) is 0 Å². The summed E-state index contributed by atoms with van der Waals surface area (Å²) in [5, 5.41) is 22.5. The molecule has 0 aliphatic rings. The fraction of sp³-hybridized carbons (Fsp3) is 0.783. The van der Waals surface area contributed by atoms with Crippen molar-refractivity contribution in [2.75, 3.05) is 13.2 Å². The zero-order valence-corrected chi connectivity index (χ0v) is 35.2. The minimum Gasteiger partial charge on any atom is -0.480 e. The Labute approximate surface area is 336 Å². The summed E-state index contributed by atoms with van der Waals surface area (Å²) in [6.45, 7) is 3.42. The van der Waals surface area contributed by atoms with Gasteiger partial charge in [-0.1, -0.05) is 153 Å². The van der Waals surface area contributed by atoms with Crippen molar-refractivity contribution in [2.45, 2.75) is 219 Å². The molecular formula is C46H82N2O7. The Hall–Kier alpha value is -2.94. The topological polar surface area (TPSA) is 142 Å². The van der Waals surface area contributed by atoms with Gasteiger partial charge in [-0.3, -0.25) is 14.4 Å². The van der Waals surface area contributed by atoms with E-state index in [9.17, 15) is 19.2 Å². The molecule has 2 atom stereocenters. The number of unbranched alkanes of at least 4 members (excludes halogenated alkanes) is 20. The zero-order valence-electron chi connectivity index (χ0n) is 35.2. The molecule has 0 rings (SSSR count). The van der Waals surface area contributed by atoms with E-state index in [1.807, 2.05) is 0 Å². The van der Waals surface area contributed by atoms with E-state index in [-0.39, 0.29) is 30.9 Å². The van der Waals surface area contributed by atoms with Crippen LogP contribution in [-0.2, 0) is 23.9 Å². The molecule has 0 saturated heterocycles. The van der Waals surface area contributed by atoms with E-state index in [2.05, 4.69) is 60.9 Å². The lowest BCUT2D eigenvalue weighted by atomic mass is 10.0. The molecule has 9 nitrogen and oxygen atoms in total. The van der Waals surface area contributed by atoms with E-state index < -0.39 is 24.5 Å². The number of carboxylic acid groups (broad SMARTS) is 1. The van der Waals surface area contributed by atoms with Crippen LogP contribution in [0.25, 0.3) is 0 Å². The number of hydrogen-bond acceptors (Lipinski definition) is 6. The highest BCUT2D eigenvalue weighted by Crippen LogP contribution is 2.18. The monoisotopic (exact) mass is 775 g/mol. The summed E-state index contributed by atoms with van der Waals surface area (Å²) in [6.07, 6.45) is 46.2. The Bertz CT molecular complexity index is 1030. The summed E-state index contributed by atoms with van der Waals surface area (Å²) >= 11 is 0. The first-order valence-electron chi connectivity index (χ1n) is 22.4. The normalized spacial score (nSPS) is 12.8. The van der Waals surface area contributed by atoms with Crippen LogP contribution >= 0.6 is 0 Å². The first-order valence-corrected chi connectivity index (χ1v) is 22.4. The van der Waals surface area contributed by atoms with Crippen molar-refractivity contribution >= 4 is 23.8 Å². The number of hydrogen-bond donors (Lipinski definition) is 4. The van der Waals surface area contributed by atoms with Crippen molar-refractivity contribution in [3.63, 3.8) is 0 Å². The van der Waals surface area contributed by atoms with Crippen LogP contribution in [0.4, 0.5) is 0 Å². The molecule has 0 aliphatic carbocycles. The molecule has 0 aliphatic heterocycles. The van der Waals surface area contributed by atoms with E-state index >= 15 is 0 Å². The van der Waals surface area contributed by atoms with E-state index in [1.165, 1.54) is 103 Å². The van der Waals surface area contributed by atoms with Gasteiger partial charge in [-0.25, -0.2) is 4.79 Å². The Balaban J connectivity index is 3.99. The second kappa shape index (κ2) is 40.7. The minimum atomic E-state index is -1.39. The molecule has 0 aromatic carbocycles. The molecule has 0 spiro atoms. The van der Waals surface area contributed by atoms with Gasteiger partial charge in [0.15, 0.2) is 0 Å². The predicted octanol–water partition coefficient (Wildman–Crippen LogP) is 11.0. The van der Waals surface area contributed by atoms with Crippen LogP contribution in [0.3, 0.4) is 0 Å². The summed E-state index contributed by atoms with van der Waals surface area (Å²) in [5.41, 5.74) is 0. The number of aliphatic hydroxyl groups is 1. The number of esters is 1. The fourth-order valence-corrected chi connectivity index (χ4v) is 6.43. The Morgan fingerprint density at radius 2 is 0.982 bits per heavy atom. The van der Waals surface area contributed by atoms with Crippen LogP contribution < -0.4 is 10.6 Å². The Morgan fingerprint density at radius 3 is 1.47 bits per heavy atom. The highest BCUT2D eigenvalue weighted by Gasteiger charge is 2.19. The molecule has 2 amide bonds. The molecule has 0 radical (unpaired) electrons. The molecule has 0 bridgehead atoms. The number of aliphatic hydroxyl groups excluding tert-OH is 1. The summed E-state index contributed by atoms with van der Waals surface area (Å²) < 4.78 is 5.95. The van der Waals surface area contributed by atoms with Crippen molar-refractivity contribution in [1.29, 1.82) is 0 Å². The van der Waals surface area contributed by atoms with Crippen LogP contribution in [0.15, 0.2) is 36.5 Å². The van der Waals surface area contributed by atoms with Gasteiger partial charge in [0, 0.05) is 12.8 Å². The van der Waals surface area contributed by atoms with Crippen molar-refractivity contribution in [3.8, 4) is 0 Å². The summed E-state index contributed by atoms with van der Waals surface area (Å²) in [4.78, 5) is 47.4. The second-order valence-corrected chi connectivity index (χ2v) is 15.1. The lowest BCUT2D eigenvalue weighted by molar-refractivity contribution is -0.150. The summed E-state index contributed by atoms with van der Waals surface area (Å²) in [7, 11) is 0. The number of amides is 2. The number of carboxylic acids is 1. The van der Waals surface area contributed by atoms with Crippen LogP contribution in [0.1, 0.15) is 206 Å². The molecule has 9 heteroatoms. The third kappa shape index (κ3) is 37.7.